The average Bonchev–Trinajstić information content (AvgIpc) is 2.82. The molecule has 0 bridgehead atoms. The fourth-order valence-electron chi connectivity index (χ4n) is 3.77. The highest BCUT2D eigenvalue weighted by Gasteiger charge is 2.25. The monoisotopic (exact) mass is 345 g/mol. The number of likely N-dealkylation sites (N-methyl/N-ethyl adjacent to an activating group) is 2. The van der Waals surface area contributed by atoms with Gasteiger partial charge >= 0.3 is 0 Å². The minimum absolute atomic E-state index is 0.311. The summed E-state index contributed by atoms with van der Waals surface area (Å²) in [5.41, 5.74) is 1.23. The molecule has 0 radical (unpaired) electrons. The molecule has 2 rings (SSSR count). The van der Waals surface area contributed by atoms with Crippen molar-refractivity contribution in [3.8, 4) is 0 Å². The fraction of sp³-hybridized carbons (Fsp3) is 0.667. The Balaban J connectivity index is 1.90. The molecule has 1 aliphatic rings. The van der Waals surface area contributed by atoms with E-state index in [9.17, 15) is 4.79 Å². The molecule has 0 unspecified atom stereocenters. The first-order chi connectivity index (χ1) is 12.2. The van der Waals surface area contributed by atoms with Crippen LogP contribution in [0.15, 0.2) is 30.3 Å². The van der Waals surface area contributed by atoms with Crippen LogP contribution in [0.5, 0.6) is 0 Å². The Labute approximate surface area is 153 Å². The second-order valence-electron chi connectivity index (χ2n) is 6.94. The summed E-state index contributed by atoms with van der Waals surface area (Å²) in [6.45, 7) is 13.9. The number of hydrogen-bond donors (Lipinski definition) is 0. The average molecular weight is 346 g/mol. The van der Waals surface area contributed by atoms with Crippen LogP contribution in [-0.4, -0.2) is 65.9 Å². The third-order valence-electron chi connectivity index (χ3n) is 5.51. The molecule has 0 N–H and O–H groups in total. The van der Waals surface area contributed by atoms with Crippen LogP contribution in [0.4, 0.5) is 0 Å². The summed E-state index contributed by atoms with van der Waals surface area (Å²) in [7, 11) is 0. The molecule has 0 aliphatic carbocycles. The Morgan fingerprint density at radius 3 is 2.36 bits per heavy atom. The molecule has 1 fully saturated rings. The molecular weight excluding hydrogens is 310 g/mol. The second-order valence-corrected chi connectivity index (χ2v) is 6.94. The SMILES string of the molecule is CCN(CC)CCN(CC)[C@H]1CCC(=O)N(Cc2ccccc2)CC1. The van der Waals surface area contributed by atoms with Gasteiger partial charge in [0, 0.05) is 38.6 Å². The topological polar surface area (TPSA) is 26.8 Å². The molecule has 1 aliphatic heterocycles. The summed E-state index contributed by atoms with van der Waals surface area (Å²) in [4.78, 5) is 19.6. The molecule has 25 heavy (non-hydrogen) atoms. The quantitative estimate of drug-likeness (QED) is 0.687. The Hall–Kier alpha value is -1.39. The Bertz CT molecular complexity index is 501. The number of carbonyl (C=O) groups is 1. The molecular formula is C21H35N3O. The lowest BCUT2D eigenvalue weighted by Gasteiger charge is -2.32. The lowest BCUT2D eigenvalue weighted by atomic mass is 10.1. The van der Waals surface area contributed by atoms with Crippen molar-refractivity contribution < 1.29 is 4.79 Å². The van der Waals surface area contributed by atoms with Gasteiger partial charge in [0.05, 0.1) is 0 Å². The molecule has 1 aromatic rings. The predicted octanol–water partition coefficient (Wildman–Crippen LogP) is 3.23. The number of amides is 1. The fourth-order valence-corrected chi connectivity index (χ4v) is 3.77. The molecule has 140 valence electrons. The largest absolute Gasteiger partial charge is 0.338 e. The van der Waals surface area contributed by atoms with Crippen molar-refractivity contribution in [3.63, 3.8) is 0 Å². The van der Waals surface area contributed by atoms with Crippen molar-refractivity contribution in [2.45, 2.75) is 52.6 Å². The number of rotatable bonds is 9. The van der Waals surface area contributed by atoms with Crippen LogP contribution in [-0.2, 0) is 11.3 Å². The number of nitrogens with zero attached hydrogens (tertiary/aromatic N) is 3. The van der Waals surface area contributed by atoms with E-state index in [1.54, 1.807) is 0 Å². The van der Waals surface area contributed by atoms with Crippen LogP contribution in [0.1, 0.15) is 45.6 Å². The van der Waals surface area contributed by atoms with Crippen LogP contribution < -0.4 is 0 Å². The lowest BCUT2D eigenvalue weighted by Crippen LogP contribution is -2.41. The number of carbonyl (C=O) groups excluding carboxylic acids is 1. The van der Waals surface area contributed by atoms with E-state index >= 15 is 0 Å². The minimum Gasteiger partial charge on any atom is -0.338 e. The van der Waals surface area contributed by atoms with E-state index in [1.165, 1.54) is 5.56 Å². The summed E-state index contributed by atoms with van der Waals surface area (Å²) in [6.07, 6.45) is 2.76. The van der Waals surface area contributed by atoms with E-state index in [2.05, 4.69) is 42.7 Å². The zero-order valence-corrected chi connectivity index (χ0v) is 16.3. The highest BCUT2D eigenvalue weighted by molar-refractivity contribution is 5.76. The first-order valence-corrected chi connectivity index (χ1v) is 9.96. The Morgan fingerprint density at radius 1 is 1.00 bits per heavy atom. The summed E-state index contributed by atoms with van der Waals surface area (Å²) in [6, 6.07) is 10.9. The van der Waals surface area contributed by atoms with Crippen LogP contribution >= 0.6 is 0 Å². The van der Waals surface area contributed by atoms with Gasteiger partial charge in [0.2, 0.25) is 5.91 Å². The van der Waals surface area contributed by atoms with Crippen molar-refractivity contribution in [2.24, 2.45) is 0 Å². The maximum atomic E-state index is 12.5. The first kappa shape index (κ1) is 19.9. The summed E-state index contributed by atoms with van der Waals surface area (Å²) < 4.78 is 0. The van der Waals surface area contributed by atoms with Gasteiger partial charge in [-0.2, -0.15) is 0 Å². The van der Waals surface area contributed by atoms with Gasteiger partial charge in [-0.25, -0.2) is 0 Å². The van der Waals surface area contributed by atoms with Crippen LogP contribution in [0.2, 0.25) is 0 Å². The molecule has 1 atom stereocenters. The Morgan fingerprint density at radius 2 is 1.72 bits per heavy atom. The third-order valence-corrected chi connectivity index (χ3v) is 5.51. The van der Waals surface area contributed by atoms with Gasteiger partial charge in [0.25, 0.3) is 0 Å². The molecule has 4 nitrogen and oxygen atoms in total. The molecule has 4 heteroatoms. The van der Waals surface area contributed by atoms with Gasteiger partial charge in [-0.05, 0) is 38.0 Å². The standard InChI is InChI=1S/C21H35N3O/c1-4-22(5-2)16-17-23(6-3)20-12-13-21(25)24(15-14-20)18-19-10-8-7-9-11-19/h7-11,20H,4-6,12-18H2,1-3H3/t20-/m0/s1. The minimum atomic E-state index is 0.311. The highest BCUT2D eigenvalue weighted by Crippen LogP contribution is 2.19. The van der Waals surface area contributed by atoms with Crippen molar-refractivity contribution in [1.29, 1.82) is 0 Å². The molecule has 1 heterocycles. The predicted molar refractivity (Wildman–Crippen MR) is 105 cm³/mol. The molecule has 1 saturated heterocycles. The van der Waals surface area contributed by atoms with E-state index < -0.39 is 0 Å². The first-order valence-electron chi connectivity index (χ1n) is 9.96. The Kier molecular flexibility index (Phi) is 8.42. The van der Waals surface area contributed by atoms with Crippen LogP contribution in [0.3, 0.4) is 0 Å². The molecule has 0 aromatic heterocycles. The van der Waals surface area contributed by atoms with Crippen molar-refractivity contribution in [2.75, 3.05) is 39.3 Å². The van der Waals surface area contributed by atoms with E-state index in [1.807, 2.05) is 23.1 Å². The molecule has 0 saturated carbocycles. The zero-order chi connectivity index (χ0) is 18.1. The van der Waals surface area contributed by atoms with Crippen LogP contribution in [0, 0.1) is 0 Å². The van der Waals surface area contributed by atoms with Gasteiger partial charge in [-0.15, -0.1) is 0 Å². The number of hydrogen-bond acceptors (Lipinski definition) is 3. The van der Waals surface area contributed by atoms with Gasteiger partial charge in [0.1, 0.15) is 0 Å². The third kappa shape index (κ3) is 6.12. The number of benzene rings is 1. The van der Waals surface area contributed by atoms with E-state index in [0.29, 0.717) is 18.4 Å². The highest BCUT2D eigenvalue weighted by atomic mass is 16.2. The van der Waals surface area contributed by atoms with Gasteiger partial charge < -0.3 is 9.80 Å². The molecule has 1 aromatic carbocycles. The molecule has 0 spiro atoms. The van der Waals surface area contributed by atoms with E-state index in [-0.39, 0.29) is 0 Å². The number of likely N-dealkylation sites (tertiary alicyclic amines) is 1. The normalized spacial score (nSPS) is 18.8. The van der Waals surface area contributed by atoms with Crippen molar-refractivity contribution in [1.82, 2.24) is 14.7 Å². The van der Waals surface area contributed by atoms with Crippen molar-refractivity contribution in [3.05, 3.63) is 35.9 Å². The van der Waals surface area contributed by atoms with Gasteiger partial charge in [-0.3, -0.25) is 9.69 Å². The van der Waals surface area contributed by atoms with Crippen LogP contribution in [0.25, 0.3) is 0 Å². The lowest BCUT2D eigenvalue weighted by molar-refractivity contribution is -0.131. The smallest absolute Gasteiger partial charge is 0.222 e. The maximum absolute atomic E-state index is 12.5. The second kappa shape index (κ2) is 10.6. The van der Waals surface area contributed by atoms with Gasteiger partial charge in [0.15, 0.2) is 0 Å². The summed E-state index contributed by atoms with van der Waals surface area (Å²) >= 11 is 0. The maximum Gasteiger partial charge on any atom is 0.222 e. The summed E-state index contributed by atoms with van der Waals surface area (Å²) in [5, 5.41) is 0. The van der Waals surface area contributed by atoms with Gasteiger partial charge in [-0.1, -0.05) is 51.1 Å². The van der Waals surface area contributed by atoms with E-state index in [4.69, 9.17) is 0 Å². The van der Waals surface area contributed by atoms with E-state index in [0.717, 1.165) is 58.7 Å². The zero-order valence-electron chi connectivity index (χ0n) is 16.3. The van der Waals surface area contributed by atoms with Crippen molar-refractivity contribution >= 4 is 5.91 Å². The summed E-state index contributed by atoms with van der Waals surface area (Å²) in [5.74, 6) is 0.311. The molecule has 1 amide bonds.